The maximum atomic E-state index is 12.7. The first-order chi connectivity index (χ1) is 11.6. The second-order valence-electron chi connectivity index (χ2n) is 5.07. The van der Waals surface area contributed by atoms with Gasteiger partial charge in [0.05, 0.1) is 0 Å². The number of methoxy groups -OCH3 is 2. The second-order valence-corrected chi connectivity index (χ2v) is 8.44. The van der Waals surface area contributed by atoms with E-state index in [0.29, 0.717) is 5.56 Å². The van der Waals surface area contributed by atoms with Crippen molar-refractivity contribution in [3.63, 3.8) is 0 Å². The Hall–Kier alpha value is -1.56. The van der Waals surface area contributed by atoms with E-state index in [1.165, 1.54) is 4.44 Å². The Morgan fingerprint density at radius 2 is 1.46 bits per heavy atom. The number of hydrogen-bond acceptors (Lipinski definition) is 3. The summed E-state index contributed by atoms with van der Waals surface area (Å²) in [5.41, 5.74) is 1.85. The van der Waals surface area contributed by atoms with Crippen LogP contribution in [0.15, 0.2) is 54.6 Å². The van der Waals surface area contributed by atoms with Crippen LogP contribution in [0.25, 0.3) is 10.0 Å². The molecule has 24 heavy (non-hydrogen) atoms. The Bertz CT molecular complexity index is 851. The van der Waals surface area contributed by atoms with Crippen LogP contribution in [-0.2, 0) is 0 Å². The number of carbonyl (C=O) groups excluding carboxylic acids is 1. The van der Waals surface area contributed by atoms with E-state index < -0.39 is 0 Å². The van der Waals surface area contributed by atoms with Gasteiger partial charge in [-0.1, -0.05) is 0 Å². The normalized spacial score (nSPS) is 10.5. The van der Waals surface area contributed by atoms with E-state index in [1.807, 2.05) is 54.6 Å². The van der Waals surface area contributed by atoms with Gasteiger partial charge >= 0.3 is 161 Å². The van der Waals surface area contributed by atoms with E-state index in [0.717, 1.165) is 25.1 Å². The number of ketones is 1. The van der Waals surface area contributed by atoms with E-state index in [1.54, 1.807) is 14.2 Å². The quantitative estimate of drug-likeness (QED) is 0.301. The molecule has 0 N–H and O–H groups in total. The van der Waals surface area contributed by atoms with E-state index in [4.69, 9.17) is 9.47 Å². The molecule has 0 fully saturated rings. The zero-order chi connectivity index (χ0) is 17.1. The molecule has 0 aliphatic rings. The molecular weight excluding hydrogens is 482 g/mol. The number of hydrogen-bond donors (Lipinski definition) is 0. The molecule has 0 unspecified atom stereocenters. The van der Waals surface area contributed by atoms with Crippen molar-refractivity contribution >= 4 is 42.9 Å². The zero-order valence-electron chi connectivity index (χ0n) is 13.2. The SMILES string of the molecule is COc1ccc(C(=O)c2cc(I)c(-c3ccc(OC)cc3)[se]2)cc1. The van der Waals surface area contributed by atoms with E-state index in [2.05, 4.69) is 22.6 Å². The van der Waals surface area contributed by atoms with Crippen LogP contribution in [0.4, 0.5) is 0 Å². The van der Waals surface area contributed by atoms with Gasteiger partial charge in [0, 0.05) is 0 Å². The molecule has 3 rings (SSSR count). The van der Waals surface area contributed by atoms with E-state index in [9.17, 15) is 4.79 Å². The van der Waals surface area contributed by atoms with Crippen molar-refractivity contribution < 1.29 is 14.3 Å². The number of benzene rings is 2. The average Bonchev–Trinajstić information content (AvgIpc) is 3.03. The summed E-state index contributed by atoms with van der Waals surface area (Å²) in [6.45, 7) is 0. The van der Waals surface area contributed by atoms with Gasteiger partial charge in [-0.2, -0.15) is 0 Å². The Labute approximate surface area is 160 Å². The molecule has 0 aliphatic heterocycles. The van der Waals surface area contributed by atoms with Gasteiger partial charge in [-0.25, -0.2) is 0 Å². The molecule has 0 saturated carbocycles. The molecule has 1 aromatic heterocycles. The summed E-state index contributed by atoms with van der Waals surface area (Å²) in [5.74, 6) is 1.68. The standard InChI is InChI=1S/C19H15IO3Se/c1-22-14-7-3-12(4-8-14)18(21)17-11-16(20)19(24-17)13-5-9-15(23-2)10-6-13/h3-11H,1-2H3. The van der Waals surface area contributed by atoms with Crippen LogP contribution in [-0.4, -0.2) is 34.5 Å². The molecule has 5 heteroatoms. The molecule has 1 heterocycles. The van der Waals surface area contributed by atoms with Gasteiger partial charge in [0.2, 0.25) is 0 Å². The summed E-state index contributed by atoms with van der Waals surface area (Å²) in [5, 5.41) is 0. The Kier molecular flexibility index (Phi) is 5.43. The summed E-state index contributed by atoms with van der Waals surface area (Å²) in [6, 6.07) is 17.3. The summed E-state index contributed by atoms with van der Waals surface area (Å²) >= 11 is 2.31. The summed E-state index contributed by atoms with van der Waals surface area (Å²) in [6.07, 6.45) is 0. The zero-order valence-corrected chi connectivity index (χ0v) is 17.1. The number of rotatable bonds is 5. The van der Waals surface area contributed by atoms with Gasteiger partial charge in [0.25, 0.3) is 0 Å². The first kappa shape index (κ1) is 17.3. The van der Waals surface area contributed by atoms with Gasteiger partial charge in [0.1, 0.15) is 0 Å². The Balaban J connectivity index is 1.90. The fraction of sp³-hybridized carbons (Fsp3) is 0.105. The molecule has 0 aliphatic carbocycles. The van der Waals surface area contributed by atoms with Crippen molar-refractivity contribution in [3.05, 3.63) is 68.2 Å². The van der Waals surface area contributed by atoms with E-state index >= 15 is 0 Å². The number of halogens is 1. The van der Waals surface area contributed by atoms with Crippen LogP contribution in [0.5, 0.6) is 11.5 Å². The van der Waals surface area contributed by atoms with Gasteiger partial charge in [-0.3, -0.25) is 0 Å². The first-order valence-electron chi connectivity index (χ1n) is 7.25. The fourth-order valence-electron chi connectivity index (χ4n) is 2.30. The fourth-order valence-corrected chi connectivity index (χ4v) is 6.11. The third kappa shape index (κ3) is 3.58. The van der Waals surface area contributed by atoms with Crippen molar-refractivity contribution in [2.75, 3.05) is 14.2 Å². The topological polar surface area (TPSA) is 35.5 Å². The molecule has 3 nitrogen and oxygen atoms in total. The molecule has 122 valence electrons. The molecule has 3 aromatic rings. The average molecular weight is 497 g/mol. The van der Waals surface area contributed by atoms with Crippen LogP contribution in [0, 0.1) is 3.57 Å². The first-order valence-corrected chi connectivity index (χ1v) is 10.0. The molecule has 0 radical (unpaired) electrons. The van der Waals surface area contributed by atoms with Crippen LogP contribution in [0.3, 0.4) is 0 Å². The molecule has 0 spiro atoms. The minimum absolute atomic E-state index is 0.00211. The van der Waals surface area contributed by atoms with Crippen molar-refractivity contribution in [2.45, 2.75) is 0 Å². The summed E-state index contributed by atoms with van der Waals surface area (Å²) in [4.78, 5) is 12.7. The third-order valence-corrected chi connectivity index (χ3v) is 7.77. The van der Waals surface area contributed by atoms with Gasteiger partial charge in [-0.15, -0.1) is 0 Å². The molecule has 0 atom stereocenters. The van der Waals surface area contributed by atoms with Crippen molar-refractivity contribution in [1.29, 1.82) is 0 Å². The number of carbonyl (C=O) groups is 1. The van der Waals surface area contributed by atoms with Crippen molar-refractivity contribution in [3.8, 4) is 21.5 Å². The third-order valence-electron chi connectivity index (χ3n) is 3.61. The predicted octanol–water partition coefficient (Wildman–Crippen LogP) is 4.26. The maximum absolute atomic E-state index is 12.7. The Morgan fingerprint density at radius 1 is 0.917 bits per heavy atom. The monoisotopic (exact) mass is 498 g/mol. The second kappa shape index (κ2) is 7.55. The molecule has 0 amide bonds. The van der Waals surface area contributed by atoms with Crippen LogP contribution in [0.1, 0.15) is 14.8 Å². The van der Waals surface area contributed by atoms with Crippen LogP contribution >= 0.6 is 22.6 Å². The van der Waals surface area contributed by atoms with Crippen LogP contribution in [0.2, 0.25) is 0 Å². The van der Waals surface area contributed by atoms with Crippen LogP contribution < -0.4 is 9.47 Å². The van der Waals surface area contributed by atoms with E-state index in [-0.39, 0.29) is 20.3 Å². The molecule has 0 saturated heterocycles. The Morgan fingerprint density at radius 3 is 2.00 bits per heavy atom. The minimum atomic E-state index is 0.00211. The summed E-state index contributed by atoms with van der Waals surface area (Å²) < 4.78 is 13.6. The summed E-state index contributed by atoms with van der Waals surface area (Å²) in [7, 11) is 3.28. The van der Waals surface area contributed by atoms with Crippen molar-refractivity contribution in [1.82, 2.24) is 0 Å². The van der Waals surface area contributed by atoms with Crippen molar-refractivity contribution in [2.24, 2.45) is 0 Å². The molecule has 2 aromatic carbocycles. The number of ether oxygens (including phenoxy) is 2. The molecular formula is C19H15IO3Se. The van der Waals surface area contributed by atoms with Gasteiger partial charge in [0.15, 0.2) is 0 Å². The van der Waals surface area contributed by atoms with Gasteiger partial charge < -0.3 is 0 Å². The predicted molar refractivity (Wildman–Crippen MR) is 105 cm³/mol. The molecule has 0 bridgehead atoms. The van der Waals surface area contributed by atoms with Gasteiger partial charge in [-0.05, 0) is 0 Å².